The van der Waals surface area contributed by atoms with Crippen molar-refractivity contribution >= 4 is 23.3 Å². The number of carbonyl (C=O) groups is 2. The highest BCUT2D eigenvalue weighted by atomic mass is 16.5. The Balaban J connectivity index is 1.68. The molecular formula is C17H24N4O3. The minimum Gasteiger partial charge on any atom is -0.375 e. The van der Waals surface area contributed by atoms with Crippen molar-refractivity contribution < 1.29 is 14.3 Å². The molecule has 0 radical (unpaired) electrons. The zero-order chi connectivity index (χ0) is 17.1. The maximum atomic E-state index is 12.6. The Morgan fingerprint density at radius 2 is 2.04 bits per heavy atom. The van der Waals surface area contributed by atoms with Crippen LogP contribution in [0.3, 0.4) is 0 Å². The quantitative estimate of drug-likeness (QED) is 0.778. The Bertz CT molecular complexity index is 634. The second kappa shape index (κ2) is 7.19. The van der Waals surface area contributed by atoms with Crippen molar-refractivity contribution in [3.8, 4) is 0 Å². The average Bonchev–Trinajstić information content (AvgIpc) is 3.14. The first kappa shape index (κ1) is 16.7. The fourth-order valence-electron chi connectivity index (χ4n) is 3.51. The smallest absolute Gasteiger partial charge is 0.322 e. The number of hydrogen-bond donors (Lipinski definition) is 3. The van der Waals surface area contributed by atoms with Crippen molar-refractivity contribution in [3.05, 3.63) is 23.8 Å². The van der Waals surface area contributed by atoms with E-state index in [1.807, 2.05) is 30.0 Å². The molecule has 7 nitrogen and oxygen atoms in total. The van der Waals surface area contributed by atoms with Crippen LogP contribution in [0.1, 0.15) is 12.0 Å². The third-order valence-electron chi connectivity index (χ3n) is 4.83. The van der Waals surface area contributed by atoms with E-state index in [0.29, 0.717) is 17.3 Å². The van der Waals surface area contributed by atoms with E-state index < -0.39 is 0 Å². The fraction of sp³-hybridized carbons (Fsp3) is 0.529. The van der Waals surface area contributed by atoms with Gasteiger partial charge in [-0.15, -0.1) is 0 Å². The van der Waals surface area contributed by atoms with Crippen molar-refractivity contribution in [2.45, 2.75) is 19.4 Å². The standard InChI is InChI=1S/C17H24N4O3/c1-11-13(19-16(22)10-24-2)4-3-5-14(11)20-17(23)21-7-6-12-8-18-9-15(12)21/h3-5,12,15,18H,6-10H2,1-2H3,(H,19,22)(H,20,23)/t12-,15+/m0/s1. The molecule has 0 aromatic heterocycles. The maximum absolute atomic E-state index is 12.6. The Morgan fingerprint density at radius 1 is 1.29 bits per heavy atom. The van der Waals surface area contributed by atoms with Crippen molar-refractivity contribution in [1.82, 2.24) is 10.2 Å². The topological polar surface area (TPSA) is 82.7 Å². The average molecular weight is 332 g/mol. The van der Waals surface area contributed by atoms with Crippen LogP contribution < -0.4 is 16.0 Å². The summed E-state index contributed by atoms with van der Waals surface area (Å²) >= 11 is 0. The van der Waals surface area contributed by atoms with E-state index in [2.05, 4.69) is 16.0 Å². The number of nitrogens with zero attached hydrogens (tertiary/aromatic N) is 1. The lowest BCUT2D eigenvalue weighted by Gasteiger charge is -2.24. The first-order valence-corrected chi connectivity index (χ1v) is 8.27. The molecule has 2 heterocycles. The van der Waals surface area contributed by atoms with Crippen LogP contribution >= 0.6 is 0 Å². The molecule has 0 unspecified atom stereocenters. The van der Waals surface area contributed by atoms with Gasteiger partial charge in [-0.25, -0.2) is 4.79 Å². The molecule has 0 bridgehead atoms. The number of carbonyl (C=O) groups excluding carboxylic acids is 2. The van der Waals surface area contributed by atoms with Crippen LogP contribution in [0, 0.1) is 12.8 Å². The third-order valence-corrected chi connectivity index (χ3v) is 4.83. The molecule has 1 aromatic rings. The zero-order valence-electron chi connectivity index (χ0n) is 14.1. The second-order valence-electron chi connectivity index (χ2n) is 6.36. The third kappa shape index (κ3) is 3.37. The molecule has 2 fully saturated rings. The number of urea groups is 1. The molecule has 7 heteroatoms. The number of likely N-dealkylation sites (tertiary alicyclic amines) is 1. The van der Waals surface area contributed by atoms with Crippen LogP contribution in [-0.4, -0.2) is 56.2 Å². The lowest BCUT2D eigenvalue weighted by molar-refractivity contribution is -0.119. The van der Waals surface area contributed by atoms with Crippen LogP contribution in [0.25, 0.3) is 0 Å². The molecule has 0 saturated carbocycles. The van der Waals surface area contributed by atoms with Gasteiger partial charge in [-0.3, -0.25) is 4.79 Å². The van der Waals surface area contributed by atoms with E-state index >= 15 is 0 Å². The molecule has 3 rings (SSSR count). The molecule has 2 aliphatic rings. The van der Waals surface area contributed by atoms with E-state index in [1.54, 1.807) is 0 Å². The molecule has 1 aromatic carbocycles. The van der Waals surface area contributed by atoms with E-state index in [0.717, 1.165) is 31.6 Å². The van der Waals surface area contributed by atoms with Gasteiger partial charge in [-0.1, -0.05) is 6.07 Å². The minimum absolute atomic E-state index is 0.000126. The second-order valence-corrected chi connectivity index (χ2v) is 6.36. The Labute approximate surface area is 141 Å². The van der Waals surface area contributed by atoms with Gasteiger partial charge in [-0.05, 0) is 37.0 Å². The number of ether oxygens (including phenoxy) is 1. The van der Waals surface area contributed by atoms with E-state index in [-0.39, 0.29) is 24.6 Å². The van der Waals surface area contributed by atoms with Crippen LogP contribution in [0.2, 0.25) is 0 Å². The summed E-state index contributed by atoms with van der Waals surface area (Å²) in [6.45, 7) is 4.53. The molecule has 130 valence electrons. The monoisotopic (exact) mass is 332 g/mol. The van der Waals surface area contributed by atoms with Crippen LogP contribution in [0.4, 0.5) is 16.2 Å². The highest BCUT2D eigenvalue weighted by molar-refractivity contribution is 5.96. The van der Waals surface area contributed by atoms with E-state index in [1.165, 1.54) is 7.11 Å². The summed E-state index contributed by atoms with van der Waals surface area (Å²) in [5.41, 5.74) is 2.22. The highest BCUT2D eigenvalue weighted by Crippen LogP contribution is 2.29. The molecule has 2 saturated heterocycles. The van der Waals surface area contributed by atoms with Gasteiger partial charge in [0.05, 0.1) is 0 Å². The number of amides is 3. The van der Waals surface area contributed by atoms with Crippen molar-refractivity contribution in [2.75, 3.05) is 44.0 Å². The number of fused-ring (bicyclic) bond motifs is 1. The predicted molar refractivity (Wildman–Crippen MR) is 92.2 cm³/mol. The predicted octanol–water partition coefficient (Wildman–Crippen LogP) is 1.41. The summed E-state index contributed by atoms with van der Waals surface area (Å²) in [6, 6.07) is 5.68. The molecule has 0 aliphatic carbocycles. The normalized spacial score (nSPS) is 22.3. The van der Waals surface area contributed by atoms with Crippen LogP contribution in [-0.2, 0) is 9.53 Å². The van der Waals surface area contributed by atoms with Crippen molar-refractivity contribution in [2.24, 2.45) is 5.92 Å². The largest absolute Gasteiger partial charge is 0.375 e. The molecule has 3 N–H and O–H groups in total. The first-order chi connectivity index (χ1) is 11.6. The minimum atomic E-state index is -0.219. The van der Waals surface area contributed by atoms with Crippen molar-refractivity contribution in [1.29, 1.82) is 0 Å². The summed E-state index contributed by atoms with van der Waals surface area (Å²) in [4.78, 5) is 26.2. The Morgan fingerprint density at radius 3 is 2.79 bits per heavy atom. The zero-order valence-corrected chi connectivity index (χ0v) is 14.1. The first-order valence-electron chi connectivity index (χ1n) is 8.27. The number of methoxy groups -OCH3 is 1. The van der Waals surface area contributed by atoms with Crippen LogP contribution in [0.15, 0.2) is 18.2 Å². The summed E-state index contributed by atoms with van der Waals surface area (Å²) in [5.74, 6) is 0.347. The fourth-order valence-corrected chi connectivity index (χ4v) is 3.51. The molecule has 0 spiro atoms. The van der Waals surface area contributed by atoms with Gasteiger partial charge in [0.2, 0.25) is 5.91 Å². The number of benzene rings is 1. The van der Waals surface area contributed by atoms with Gasteiger partial charge in [0.25, 0.3) is 0 Å². The lowest BCUT2D eigenvalue weighted by Crippen LogP contribution is -2.41. The van der Waals surface area contributed by atoms with Gasteiger partial charge >= 0.3 is 6.03 Å². The number of hydrogen-bond acceptors (Lipinski definition) is 4. The number of nitrogens with one attached hydrogen (secondary N) is 3. The van der Waals surface area contributed by atoms with Gasteiger partial charge in [-0.2, -0.15) is 0 Å². The van der Waals surface area contributed by atoms with Crippen LogP contribution in [0.5, 0.6) is 0 Å². The number of anilines is 2. The maximum Gasteiger partial charge on any atom is 0.322 e. The SMILES string of the molecule is COCC(=O)Nc1cccc(NC(=O)N2CC[C@H]3CNC[C@H]32)c1C. The van der Waals surface area contributed by atoms with Gasteiger partial charge < -0.3 is 25.6 Å². The van der Waals surface area contributed by atoms with E-state index in [9.17, 15) is 9.59 Å². The highest BCUT2D eigenvalue weighted by Gasteiger charge is 2.39. The molecular weight excluding hydrogens is 308 g/mol. The van der Waals surface area contributed by atoms with E-state index in [4.69, 9.17) is 4.74 Å². The molecule has 24 heavy (non-hydrogen) atoms. The summed E-state index contributed by atoms with van der Waals surface area (Å²) in [7, 11) is 1.48. The summed E-state index contributed by atoms with van der Waals surface area (Å²) < 4.78 is 4.82. The molecule has 2 atom stereocenters. The summed E-state index contributed by atoms with van der Waals surface area (Å²) in [5, 5.41) is 9.13. The Hall–Kier alpha value is -2.12. The van der Waals surface area contributed by atoms with Gasteiger partial charge in [0.1, 0.15) is 6.61 Å². The van der Waals surface area contributed by atoms with Gasteiger partial charge in [0, 0.05) is 44.2 Å². The Kier molecular flexibility index (Phi) is 5.01. The lowest BCUT2D eigenvalue weighted by atomic mass is 10.1. The van der Waals surface area contributed by atoms with Gasteiger partial charge in [0.15, 0.2) is 0 Å². The molecule has 3 amide bonds. The number of rotatable bonds is 4. The molecule has 2 aliphatic heterocycles. The summed E-state index contributed by atoms with van der Waals surface area (Å²) in [6.07, 6.45) is 1.05. The van der Waals surface area contributed by atoms with Crippen molar-refractivity contribution in [3.63, 3.8) is 0 Å².